The summed E-state index contributed by atoms with van der Waals surface area (Å²) >= 11 is 0. The predicted octanol–water partition coefficient (Wildman–Crippen LogP) is 1.73. The van der Waals surface area contributed by atoms with E-state index in [9.17, 15) is 57.4 Å². The molecule has 24 heteroatoms. The lowest BCUT2D eigenvalue weighted by Gasteiger charge is -2.21. The molecule has 1 aliphatic carbocycles. The molecule has 0 saturated carbocycles. The number of aliphatic hydroxyl groups excluding tert-OH is 1. The third kappa shape index (κ3) is 18.9. The first kappa shape index (κ1) is 65.7. The van der Waals surface area contributed by atoms with E-state index in [0.29, 0.717) is 73.9 Å². The molecule has 0 spiro atoms. The zero-order valence-corrected chi connectivity index (χ0v) is 47.2. The summed E-state index contributed by atoms with van der Waals surface area (Å²) in [5, 5.41) is 26.4. The van der Waals surface area contributed by atoms with Gasteiger partial charge in [0.05, 0.1) is 74.7 Å². The number of aldehydes is 1. The largest absolute Gasteiger partial charge is 0.381 e. The van der Waals surface area contributed by atoms with Gasteiger partial charge in [-0.3, -0.25) is 48.1 Å². The molecule has 81 heavy (non-hydrogen) atoms. The highest BCUT2D eigenvalue weighted by Crippen LogP contribution is 2.41. The first-order chi connectivity index (χ1) is 38.8. The summed E-state index contributed by atoms with van der Waals surface area (Å²) in [4.78, 5) is 121. The number of halogens is 1. The summed E-state index contributed by atoms with van der Waals surface area (Å²) in [6.45, 7) is 9.60. The topological polar surface area (TPSA) is 329 Å². The Labute approximate surface area is 470 Å². The third-order valence-corrected chi connectivity index (χ3v) is 13.4. The lowest BCUT2D eigenvalue weighted by atomic mass is 9.85. The molecule has 440 valence electrons. The number of nitrogens with one attached hydrogen (secondary N) is 6. The standard InChI is InChI=1S/C24H35N5O5.C23H21FN2O4.C8H15N3O4.C2H6/c1-17(13-18-9-5-3-6-10-18)28-22(32)16-27-21(31)15-26-20(30)11-7-4-8-12-29-23(33)14-19(25-2)24(29)34;1-11-12-4-3-5-13-15-8-26-19(22(15)25-18(21(12)13)7-17(11)24)6-14(20(28)9-27)16(10-30-2)23(26)29;1-6(2-7(9)13)15-5-11-8(14)3-10-4-12;1-2/h3,5-6,9-10,17,19,25H,4,7-8,11-16H2,1-2H3,(H,26,30)(H,27,31)(H,28,32);6-7,9,20,28H,3-5,8,10H2,1-2H3;4,6H,2-3,5H2,1H3,(H2,9,13)(H,10,12)(H,11,14);1-2H3. The summed E-state index contributed by atoms with van der Waals surface area (Å²) < 4.78 is 26.3. The second kappa shape index (κ2) is 33.1. The number of ether oxygens (including phenoxy) is 2. The van der Waals surface area contributed by atoms with Crippen LogP contribution in [0.15, 0.2) is 47.3 Å². The maximum Gasteiger partial charge on any atom is 0.257 e. The van der Waals surface area contributed by atoms with Crippen molar-refractivity contribution >= 4 is 64.9 Å². The number of pyridine rings is 2. The molecule has 0 radical (unpaired) electrons. The number of likely N-dealkylation sites (tertiary alicyclic amines) is 1. The van der Waals surface area contributed by atoms with Crippen LogP contribution in [-0.4, -0.2) is 139 Å². The number of primary amides is 1. The van der Waals surface area contributed by atoms with Gasteiger partial charge in [-0.15, -0.1) is 0 Å². The minimum Gasteiger partial charge on any atom is -0.381 e. The van der Waals surface area contributed by atoms with Crippen molar-refractivity contribution < 1.29 is 62.1 Å². The first-order valence-corrected chi connectivity index (χ1v) is 27.1. The minimum absolute atomic E-state index is 0.00743. The van der Waals surface area contributed by atoms with Gasteiger partial charge in [0, 0.05) is 54.3 Å². The van der Waals surface area contributed by atoms with E-state index in [2.05, 4.69) is 31.9 Å². The molecule has 23 nitrogen and oxygen atoms in total. The highest BCUT2D eigenvalue weighted by molar-refractivity contribution is 6.05. The van der Waals surface area contributed by atoms with Crippen LogP contribution in [0.1, 0.15) is 118 Å². The van der Waals surface area contributed by atoms with E-state index in [-0.39, 0.29) is 116 Å². The Balaban J connectivity index is 0.000000275. The van der Waals surface area contributed by atoms with E-state index in [1.165, 1.54) is 18.1 Å². The molecule has 3 aliphatic rings. The van der Waals surface area contributed by atoms with Gasteiger partial charge >= 0.3 is 0 Å². The summed E-state index contributed by atoms with van der Waals surface area (Å²) in [5.41, 5.74) is 11.7. The molecule has 0 bridgehead atoms. The van der Waals surface area contributed by atoms with E-state index < -0.39 is 24.0 Å². The Kier molecular flexibility index (Phi) is 26.8. The Morgan fingerprint density at radius 3 is 2.23 bits per heavy atom. The third-order valence-electron chi connectivity index (χ3n) is 13.4. The number of aliphatic hydroxyl groups is 1. The number of likely N-dealkylation sites (N-methyl/N-ethyl adjacent to an activating group) is 1. The van der Waals surface area contributed by atoms with Crippen LogP contribution >= 0.6 is 0 Å². The van der Waals surface area contributed by atoms with Gasteiger partial charge in [-0.25, -0.2) is 9.37 Å². The molecular weight excluding hydrogens is 1050 g/mol. The number of unbranched alkanes of at least 4 members (excludes halogenated alkanes) is 2. The molecule has 4 heterocycles. The lowest BCUT2D eigenvalue weighted by molar-refractivity contribution is -0.139. The Morgan fingerprint density at radius 1 is 0.901 bits per heavy atom. The van der Waals surface area contributed by atoms with Gasteiger partial charge in [-0.1, -0.05) is 50.6 Å². The number of fused-ring (bicyclic) bond motifs is 4. The van der Waals surface area contributed by atoms with Gasteiger partial charge in [-0.05, 0) is 94.7 Å². The fourth-order valence-corrected chi connectivity index (χ4v) is 9.48. The minimum atomic E-state index is -1.43. The van der Waals surface area contributed by atoms with Gasteiger partial charge < -0.3 is 61.6 Å². The maximum absolute atomic E-state index is 14.5. The average Bonchev–Trinajstić information content (AvgIpc) is 3.97. The van der Waals surface area contributed by atoms with Crippen molar-refractivity contribution in [3.05, 3.63) is 97.6 Å². The highest BCUT2D eigenvalue weighted by Gasteiger charge is 2.37. The van der Waals surface area contributed by atoms with E-state index in [1.807, 2.05) is 51.1 Å². The lowest BCUT2D eigenvalue weighted by Crippen LogP contribution is -2.44. The number of carbonyl (C=O) groups excluding carboxylic acids is 9. The number of nitrogens with zero attached hydrogens (tertiary/aromatic N) is 3. The normalized spacial score (nSPS) is 14.7. The van der Waals surface area contributed by atoms with Crippen molar-refractivity contribution in [1.29, 1.82) is 0 Å². The van der Waals surface area contributed by atoms with E-state index in [4.69, 9.17) is 20.2 Å². The molecule has 9 N–H and O–H groups in total. The second-order valence-electron chi connectivity index (χ2n) is 19.3. The van der Waals surface area contributed by atoms with Crippen LogP contribution in [0, 0.1) is 12.7 Å². The quantitative estimate of drug-likeness (QED) is 0.0169. The van der Waals surface area contributed by atoms with Crippen LogP contribution in [0.3, 0.4) is 0 Å². The predicted molar refractivity (Wildman–Crippen MR) is 298 cm³/mol. The van der Waals surface area contributed by atoms with Crippen LogP contribution in [0.25, 0.3) is 22.3 Å². The van der Waals surface area contributed by atoms with Gasteiger partial charge in [0.15, 0.2) is 6.29 Å². The Bertz CT molecular complexity index is 2940. The molecule has 4 unspecified atom stereocenters. The fourth-order valence-electron chi connectivity index (χ4n) is 9.48. The monoisotopic (exact) mass is 1130 g/mol. The first-order valence-electron chi connectivity index (χ1n) is 27.1. The molecule has 4 atom stereocenters. The second-order valence-corrected chi connectivity index (χ2v) is 19.3. The van der Waals surface area contributed by atoms with E-state index >= 15 is 0 Å². The molecule has 2 aromatic carbocycles. The van der Waals surface area contributed by atoms with Crippen molar-refractivity contribution in [2.24, 2.45) is 5.73 Å². The van der Waals surface area contributed by atoms with Crippen molar-refractivity contribution in [2.45, 2.75) is 136 Å². The Morgan fingerprint density at radius 2 is 1.58 bits per heavy atom. The maximum atomic E-state index is 14.5. The van der Waals surface area contributed by atoms with Gasteiger partial charge in [-0.2, -0.15) is 0 Å². The fraction of sp³-hybridized carbons (Fsp3) is 0.491. The molecule has 2 aromatic heterocycles. The molecule has 4 aromatic rings. The zero-order chi connectivity index (χ0) is 59.8. The molecule has 1 fully saturated rings. The van der Waals surface area contributed by atoms with Crippen molar-refractivity contribution in [2.75, 3.05) is 47.1 Å². The Hall–Kier alpha value is -7.80. The summed E-state index contributed by atoms with van der Waals surface area (Å²) in [6.07, 6.45) is 4.73. The highest BCUT2D eigenvalue weighted by atomic mass is 19.1. The van der Waals surface area contributed by atoms with Crippen molar-refractivity contribution in [3.63, 3.8) is 0 Å². The molecule has 8 amide bonds. The molecular formula is C57H77FN10O13. The number of methoxy groups -OCH3 is 1. The van der Waals surface area contributed by atoms with Crippen LogP contribution in [0.2, 0.25) is 0 Å². The van der Waals surface area contributed by atoms with Crippen LogP contribution in [-0.2, 0) is 85.0 Å². The number of aryl methyl sites for hydroxylation is 2. The number of carbonyl (C=O) groups is 9. The number of imide groups is 1. The summed E-state index contributed by atoms with van der Waals surface area (Å²) in [6, 6.07) is 12.4. The zero-order valence-electron chi connectivity index (χ0n) is 47.2. The smallest absolute Gasteiger partial charge is 0.257 e. The molecule has 7 rings (SSSR count). The van der Waals surface area contributed by atoms with Crippen LogP contribution < -0.4 is 43.2 Å². The van der Waals surface area contributed by atoms with Crippen molar-refractivity contribution in [1.82, 2.24) is 46.4 Å². The van der Waals surface area contributed by atoms with Crippen LogP contribution in [0.5, 0.6) is 0 Å². The van der Waals surface area contributed by atoms with Crippen LogP contribution in [0.4, 0.5) is 4.39 Å². The van der Waals surface area contributed by atoms with Gasteiger partial charge in [0.1, 0.15) is 18.7 Å². The number of rotatable bonds is 26. The number of amides is 8. The number of nitrogens with two attached hydrogens (primary N) is 1. The average molecular weight is 1130 g/mol. The van der Waals surface area contributed by atoms with E-state index in [0.717, 1.165) is 46.9 Å². The number of hydrogen-bond donors (Lipinski definition) is 8. The number of aromatic nitrogens is 2. The van der Waals surface area contributed by atoms with Gasteiger partial charge in [0.25, 0.3) is 5.56 Å². The van der Waals surface area contributed by atoms with E-state index in [1.54, 1.807) is 31.5 Å². The summed E-state index contributed by atoms with van der Waals surface area (Å²) in [7, 11) is 3.11. The van der Waals surface area contributed by atoms with Gasteiger partial charge in [0.2, 0.25) is 47.8 Å². The molecule has 1 saturated heterocycles. The number of hydrogen-bond acceptors (Lipinski definition) is 15. The van der Waals surface area contributed by atoms with Crippen molar-refractivity contribution in [3.8, 4) is 11.4 Å². The molecule has 2 aliphatic heterocycles. The number of benzene rings is 2. The summed E-state index contributed by atoms with van der Waals surface area (Å²) in [5.74, 6) is -2.48. The SMILES string of the molecule is CC.CC(CC(N)=O)OCNC(=O)CNC=O.CNC1CC(=O)N(CCCCCC(=O)NCC(=O)NCC(=O)NC(C)Cc2ccccc2)C1=O.COCc1c(C(O)C=O)cc2n(c1=O)Cc1c-2nc2cc(F)c(C)c3c2c1CCC3.